The van der Waals surface area contributed by atoms with E-state index in [0.717, 1.165) is 0 Å². The van der Waals surface area contributed by atoms with Crippen molar-refractivity contribution in [3.8, 4) is 11.5 Å². The summed E-state index contributed by atoms with van der Waals surface area (Å²) in [5.74, 6) is -0.873. The summed E-state index contributed by atoms with van der Waals surface area (Å²) in [6.07, 6.45) is 3.52. The number of carboxylic acids is 1. The Hall–Kier alpha value is -3.32. The lowest BCUT2D eigenvalue weighted by atomic mass is 10.1. The summed E-state index contributed by atoms with van der Waals surface area (Å²) in [6.45, 7) is 3.19. The smallest absolute Gasteiger partial charge is 0.341 e. The maximum Gasteiger partial charge on any atom is 0.341 e. The Balaban J connectivity index is 2.22. The highest BCUT2D eigenvalue weighted by Gasteiger charge is 2.14. The van der Waals surface area contributed by atoms with Gasteiger partial charge in [-0.05, 0) is 36.2 Å². The molecule has 2 rings (SSSR count). The van der Waals surface area contributed by atoms with Crippen LogP contribution in [0.15, 0.2) is 54.2 Å². The van der Waals surface area contributed by atoms with Crippen molar-refractivity contribution in [1.82, 2.24) is 5.43 Å². The molecule has 0 fully saturated rings. The van der Waals surface area contributed by atoms with Gasteiger partial charge in [0.2, 0.25) is 0 Å². The van der Waals surface area contributed by atoms with Gasteiger partial charge in [0.25, 0.3) is 5.91 Å². The lowest BCUT2D eigenvalue weighted by Crippen LogP contribution is -2.18. The number of hydrogen-bond acceptors (Lipinski definition) is 5. The van der Waals surface area contributed by atoms with Gasteiger partial charge in [-0.3, -0.25) is 4.79 Å². The molecule has 2 aromatic rings. The molecule has 7 nitrogen and oxygen atoms in total. The van der Waals surface area contributed by atoms with E-state index in [-0.39, 0.29) is 0 Å². The van der Waals surface area contributed by atoms with Gasteiger partial charge in [-0.15, -0.1) is 6.58 Å². The van der Waals surface area contributed by atoms with E-state index in [2.05, 4.69) is 17.1 Å². The van der Waals surface area contributed by atoms with E-state index in [9.17, 15) is 9.59 Å². The van der Waals surface area contributed by atoms with E-state index in [1.807, 2.05) is 0 Å². The fraction of sp³-hybridized carbons (Fsp3) is 0.150. The van der Waals surface area contributed by atoms with Gasteiger partial charge in [0.05, 0.1) is 23.9 Å². The molecule has 28 heavy (non-hydrogen) atoms. The van der Waals surface area contributed by atoms with E-state index >= 15 is 0 Å². The summed E-state index contributed by atoms with van der Waals surface area (Å²) in [6, 6.07) is 9.99. The van der Waals surface area contributed by atoms with Crippen molar-refractivity contribution in [2.75, 3.05) is 13.7 Å². The lowest BCUT2D eigenvalue weighted by molar-refractivity contribution is -0.139. The van der Waals surface area contributed by atoms with Gasteiger partial charge < -0.3 is 14.6 Å². The van der Waals surface area contributed by atoms with Crippen LogP contribution in [0.4, 0.5) is 0 Å². The number of ether oxygens (including phenoxy) is 2. The van der Waals surface area contributed by atoms with E-state index < -0.39 is 18.5 Å². The molecule has 0 aliphatic carbocycles. The molecule has 8 heteroatoms. The van der Waals surface area contributed by atoms with Crippen LogP contribution in [0.3, 0.4) is 0 Å². The number of aliphatic carboxylic acids is 1. The number of carbonyl (C=O) groups is 2. The molecule has 0 aliphatic heterocycles. The van der Waals surface area contributed by atoms with Crippen LogP contribution >= 0.6 is 11.6 Å². The number of hydrogen-bond donors (Lipinski definition) is 2. The zero-order valence-corrected chi connectivity index (χ0v) is 15.9. The minimum atomic E-state index is -1.10. The Morgan fingerprint density at radius 1 is 1.32 bits per heavy atom. The molecular weight excluding hydrogens is 384 g/mol. The number of halogens is 1. The number of benzene rings is 2. The average molecular weight is 403 g/mol. The van der Waals surface area contributed by atoms with Gasteiger partial charge in [-0.1, -0.05) is 29.8 Å². The predicted molar refractivity (Wildman–Crippen MR) is 107 cm³/mol. The molecule has 0 bridgehead atoms. The number of rotatable bonds is 9. The van der Waals surface area contributed by atoms with Gasteiger partial charge in [-0.2, -0.15) is 5.10 Å². The molecule has 0 radical (unpaired) electrons. The molecule has 0 aliphatic rings. The van der Waals surface area contributed by atoms with Crippen molar-refractivity contribution >= 4 is 29.7 Å². The van der Waals surface area contributed by atoms with E-state index in [4.69, 9.17) is 26.2 Å². The second-order valence-corrected chi connectivity index (χ2v) is 5.97. The number of nitrogens with zero attached hydrogens (tertiary/aromatic N) is 1. The summed E-state index contributed by atoms with van der Waals surface area (Å²) >= 11 is 5.99. The molecular formula is C20H19ClN2O5. The SMILES string of the molecule is C=CCc1cc(/C=N\NC(=O)c2ccccc2Cl)cc(OC)c1OCC(=O)O. The number of hydrazone groups is 1. The quantitative estimate of drug-likeness (QED) is 0.381. The summed E-state index contributed by atoms with van der Waals surface area (Å²) in [4.78, 5) is 22.9. The van der Waals surface area contributed by atoms with Crippen molar-refractivity contribution in [3.63, 3.8) is 0 Å². The molecule has 0 spiro atoms. The number of nitrogens with one attached hydrogen (secondary N) is 1. The summed E-state index contributed by atoms with van der Waals surface area (Å²) in [5, 5.41) is 13.1. The first-order valence-electron chi connectivity index (χ1n) is 8.20. The zero-order valence-electron chi connectivity index (χ0n) is 15.1. The Morgan fingerprint density at radius 3 is 2.71 bits per heavy atom. The monoisotopic (exact) mass is 402 g/mol. The molecule has 146 valence electrons. The Kier molecular flexibility index (Phi) is 7.59. The van der Waals surface area contributed by atoms with Gasteiger partial charge in [-0.25, -0.2) is 10.2 Å². The van der Waals surface area contributed by atoms with Crippen LogP contribution < -0.4 is 14.9 Å². The number of amides is 1. The third-order valence-corrected chi connectivity index (χ3v) is 3.91. The van der Waals surface area contributed by atoms with Crippen LogP contribution in [0.5, 0.6) is 11.5 Å². The van der Waals surface area contributed by atoms with Crippen LogP contribution in [0.2, 0.25) is 5.02 Å². The maximum absolute atomic E-state index is 12.1. The Bertz CT molecular complexity index is 911. The Morgan fingerprint density at radius 2 is 2.07 bits per heavy atom. The molecule has 0 saturated heterocycles. The third-order valence-electron chi connectivity index (χ3n) is 3.58. The minimum Gasteiger partial charge on any atom is -0.493 e. The summed E-state index contributed by atoms with van der Waals surface area (Å²) in [7, 11) is 1.45. The number of methoxy groups -OCH3 is 1. The van der Waals surface area contributed by atoms with Crippen molar-refractivity contribution in [2.45, 2.75) is 6.42 Å². The van der Waals surface area contributed by atoms with E-state index in [1.165, 1.54) is 13.3 Å². The number of allylic oxidation sites excluding steroid dienone is 1. The summed E-state index contributed by atoms with van der Waals surface area (Å²) in [5.41, 5.74) is 4.01. The molecule has 0 saturated carbocycles. The highest BCUT2D eigenvalue weighted by molar-refractivity contribution is 6.33. The van der Waals surface area contributed by atoms with Crippen LogP contribution in [0.1, 0.15) is 21.5 Å². The molecule has 0 unspecified atom stereocenters. The molecule has 0 heterocycles. The average Bonchev–Trinajstić information content (AvgIpc) is 2.67. The van der Waals surface area contributed by atoms with Crippen LogP contribution in [0, 0.1) is 0 Å². The van der Waals surface area contributed by atoms with Gasteiger partial charge >= 0.3 is 5.97 Å². The third kappa shape index (κ3) is 5.59. The fourth-order valence-electron chi connectivity index (χ4n) is 2.39. The topological polar surface area (TPSA) is 97.2 Å². The highest BCUT2D eigenvalue weighted by Crippen LogP contribution is 2.33. The minimum absolute atomic E-state index is 0.309. The first-order valence-corrected chi connectivity index (χ1v) is 8.58. The summed E-state index contributed by atoms with van der Waals surface area (Å²) < 4.78 is 10.6. The molecule has 2 aromatic carbocycles. The van der Waals surface area contributed by atoms with E-state index in [0.29, 0.717) is 39.6 Å². The van der Waals surface area contributed by atoms with Gasteiger partial charge in [0.15, 0.2) is 18.1 Å². The maximum atomic E-state index is 12.1. The largest absolute Gasteiger partial charge is 0.493 e. The van der Waals surface area contributed by atoms with Gasteiger partial charge in [0, 0.05) is 5.56 Å². The van der Waals surface area contributed by atoms with Crippen LogP contribution in [0.25, 0.3) is 0 Å². The zero-order chi connectivity index (χ0) is 20.5. The van der Waals surface area contributed by atoms with Crippen molar-refractivity contribution in [3.05, 3.63) is 70.8 Å². The first-order chi connectivity index (χ1) is 13.5. The molecule has 0 atom stereocenters. The van der Waals surface area contributed by atoms with Crippen molar-refractivity contribution in [2.24, 2.45) is 5.10 Å². The lowest BCUT2D eigenvalue weighted by Gasteiger charge is -2.14. The second kappa shape index (κ2) is 10.1. The standard InChI is InChI=1S/C20H19ClN2O5/c1-3-6-14-9-13(10-17(27-2)19(14)28-12-18(24)25)11-22-23-20(26)15-7-4-5-8-16(15)21/h3-5,7-11H,1,6,12H2,2H3,(H,23,26)(H,24,25)/b22-11-. The molecule has 2 N–H and O–H groups in total. The van der Waals surface area contributed by atoms with Crippen LogP contribution in [-0.2, 0) is 11.2 Å². The number of carboxylic acid groups (broad SMARTS) is 1. The van der Waals surface area contributed by atoms with Gasteiger partial charge in [0.1, 0.15) is 0 Å². The van der Waals surface area contributed by atoms with E-state index in [1.54, 1.807) is 42.5 Å². The van der Waals surface area contributed by atoms with Crippen molar-refractivity contribution < 1.29 is 24.2 Å². The number of carbonyl (C=O) groups excluding carboxylic acids is 1. The van der Waals surface area contributed by atoms with Crippen LogP contribution in [-0.4, -0.2) is 36.9 Å². The highest BCUT2D eigenvalue weighted by atomic mass is 35.5. The molecule has 1 amide bonds. The first kappa shape index (κ1) is 21.0. The normalized spacial score (nSPS) is 10.5. The Labute approximate surface area is 167 Å². The second-order valence-electron chi connectivity index (χ2n) is 5.57. The fourth-order valence-corrected chi connectivity index (χ4v) is 2.61. The van der Waals surface area contributed by atoms with Crippen molar-refractivity contribution in [1.29, 1.82) is 0 Å². The molecule has 0 aromatic heterocycles. The predicted octanol–water partition coefficient (Wildman–Crippen LogP) is 3.30.